The van der Waals surface area contributed by atoms with Crippen molar-refractivity contribution in [2.75, 3.05) is 0 Å². The molecular weight excluding hydrogens is 356 g/mol. The van der Waals surface area contributed by atoms with Crippen molar-refractivity contribution in [1.29, 1.82) is 0 Å². The quantitative estimate of drug-likeness (QED) is 0.502. The number of nitrogens with zero attached hydrogens (tertiary/aromatic N) is 3. The molecule has 0 spiro atoms. The number of carbonyl (C=O) groups excluding carboxylic acids is 1. The number of nitro groups is 1. The summed E-state index contributed by atoms with van der Waals surface area (Å²) in [6, 6.07) is 4.80. The minimum atomic E-state index is -0.622. The van der Waals surface area contributed by atoms with Crippen LogP contribution >= 0.6 is 15.9 Å². The molecule has 2 rings (SSSR count). The van der Waals surface area contributed by atoms with E-state index in [1.807, 2.05) is 0 Å². The van der Waals surface area contributed by atoms with Gasteiger partial charge in [0.05, 0.1) is 16.7 Å². The highest BCUT2D eigenvalue weighted by Gasteiger charge is 2.07. The van der Waals surface area contributed by atoms with Gasteiger partial charge >= 0.3 is 0 Å². The van der Waals surface area contributed by atoms with Gasteiger partial charge in [0.15, 0.2) is 0 Å². The summed E-state index contributed by atoms with van der Waals surface area (Å²) in [4.78, 5) is 25.6. The first-order valence-corrected chi connectivity index (χ1v) is 6.66. The molecule has 112 valence electrons. The van der Waals surface area contributed by atoms with Crippen molar-refractivity contribution in [2.24, 2.45) is 5.10 Å². The largest absolute Gasteiger partial charge is 0.872 e. The predicted octanol–water partition coefficient (Wildman–Crippen LogP) is 1.59. The molecule has 22 heavy (non-hydrogen) atoms. The van der Waals surface area contributed by atoms with Gasteiger partial charge in [0.2, 0.25) is 0 Å². The lowest BCUT2D eigenvalue weighted by atomic mass is 10.2. The van der Waals surface area contributed by atoms with Gasteiger partial charge in [-0.3, -0.25) is 19.9 Å². The highest BCUT2D eigenvalue weighted by molar-refractivity contribution is 9.10. The summed E-state index contributed by atoms with van der Waals surface area (Å²) < 4.78 is 0.629. The van der Waals surface area contributed by atoms with Crippen LogP contribution in [0.3, 0.4) is 0 Å². The number of hydrazone groups is 1. The zero-order chi connectivity index (χ0) is 16.1. The van der Waals surface area contributed by atoms with E-state index in [-0.39, 0.29) is 16.8 Å². The molecule has 0 radical (unpaired) electrons. The molecule has 0 saturated carbocycles. The molecule has 1 aromatic carbocycles. The highest BCUT2D eigenvalue weighted by Crippen LogP contribution is 2.19. The van der Waals surface area contributed by atoms with Crippen LogP contribution in [-0.4, -0.2) is 22.0 Å². The number of halogens is 1. The molecule has 0 atom stereocenters. The first kappa shape index (κ1) is 15.6. The zero-order valence-corrected chi connectivity index (χ0v) is 12.5. The molecule has 0 saturated heterocycles. The average molecular weight is 364 g/mol. The van der Waals surface area contributed by atoms with E-state index in [2.05, 4.69) is 31.4 Å². The number of carbonyl (C=O) groups is 1. The Morgan fingerprint density at radius 1 is 1.36 bits per heavy atom. The number of aromatic nitrogens is 1. The van der Waals surface area contributed by atoms with Crippen LogP contribution < -0.4 is 10.5 Å². The SMILES string of the molecule is O=C(N/N=C/c1cc([N+](=O)[O-])ccc1[O-])c1cncc(Br)c1. The molecule has 1 heterocycles. The zero-order valence-electron chi connectivity index (χ0n) is 10.9. The number of nitrogens with one attached hydrogen (secondary N) is 1. The summed E-state index contributed by atoms with van der Waals surface area (Å²) >= 11 is 3.18. The molecule has 0 aliphatic rings. The number of benzene rings is 1. The Bertz CT molecular complexity index is 763. The second kappa shape index (κ2) is 6.76. The van der Waals surface area contributed by atoms with Crippen molar-refractivity contribution in [3.8, 4) is 5.75 Å². The molecule has 1 N–H and O–H groups in total. The predicted molar refractivity (Wildman–Crippen MR) is 79.5 cm³/mol. The van der Waals surface area contributed by atoms with Gasteiger partial charge in [-0.25, -0.2) is 5.43 Å². The van der Waals surface area contributed by atoms with Crippen molar-refractivity contribution in [1.82, 2.24) is 10.4 Å². The first-order valence-electron chi connectivity index (χ1n) is 5.87. The van der Waals surface area contributed by atoms with Gasteiger partial charge in [-0.05, 0) is 27.6 Å². The van der Waals surface area contributed by atoms with E-state index >= 15 is 0 Å². The van der Waals surface area contributed by atoms with E-state index in [0.717, 1.165) is 24.4 Å². The summed E-state index contributed by atoms with van der Waals surface area (Å²) in [5.41, 5.74) is 2.25. The minimum Gasteiger partial charge on any atom is -0.872 e. The van der Waals surface area contributed by atoms with E-state index < -0.39 is 16.6 Å². The Morgan fingerprint density at radius 2 is 2.14 bits per heavy atom. The number of rotatable bonds is 4. The van der Waals surface area contributed by atoms with Gasteiger partial charge in [0.25, 0.3) is 11.6 Å². The number of non-ortho nitro benzene ring substituents is 1. The fourth-order valence-corrected chi connectivity index (χ4v) is 1.88. The number of pyridine rings is 1. The van der Waals surface area contributed by atoms with Crippen molar-refractivity contribution in [2.45, 2.75) is 0 Å². The molecule has 0 fully saturated rings. The lowest BCUT2D eigenvalue weighted by molar-refractivity contribution is -0.385. The van der Waals surface area contributed by atoms with Gasteiger partial charge in [0, 0.05) is 29.0 Å². The van der Waals surface area contributed by atoms with E-state index in [9.17, 15) is 20.0 Å². The normalized spacial score (nSPS) is 10.6. The van der Waals surface area contributed by atoms with E-state index in [4.69, 9.17) is 0 Å². The molecule has 0 aliphatic carbocycles. The smallest absolute Gasteiger partial charge is 0.272 e. The van der Waals surface area contributed by atoms with Gasteiger partial charge < -0.3 is 5.11 Å². The minimum absolute atomic E-state index is 0.00173. The van der Waals surface area contributed by atoms with Crippen LogP contribution in [0, 0.1) is 10.1 Å². The summed E-state index contributed by atoms with van der Waals surface area (Å²) in [5.74, 6) is -0.962. The monoisotopic (exact) mass is 363 g/mol. The Kier molecular flexibility index (Phi) is 4.79. The third kappa shape index (κ3) is 3.85. The number of hydrogen-bond donors (Lipinski definition) is 1. The maximum absolute atomic E-state index is 11.8. The Labute approximate surface area is 132 Å². The molecular formula is C13H8BrN4O4-. The summed E-state index contributed by atoms with van der Waals surface area (Å²) in [6.07, 6.45) is 3.92. The third-order valence-electron chi connectivity index (χ3n) is 2.54. The molecule has 9 heteroatoms. The summed E-state index contributed by atoms with van der Waals surface area (Å²) in [5, 5.41) is 25.8. The molecule has 0 aliphatic heterocycles. The maximum Gasteiger partial charge on any atom is 0.272 e. The molecule has 0 bridgehead atoms. The van der Waals surface area contributed by atoms with Crippen molar-refractivity contribution >= 4 is 33.7 Å². The lowest BCUT2D eigenvalue weighted by Gasteiger charge is -2.08. The van der Waals surface area contributed by atoms with E-state index in [1.165, 1.54) is 12.4 Å². The fraction of sp³-hybridized carbons (Fsp3) is 0. The standard InChI is InChI=1S/C13H9BrN4O4/c14-10-3-9(5-15-7-10)13(20)17-16-6-8-4-11(18(21)22)1-2-12(8)19/h1-7,19H,(H,17,20)/p-1/b16-6+. The van der Waals surface area contributed by atoms with Crippen LogP contribution in [0.2, 0.25) is 0 Å². The fourth-order valence-electron chi connectivity index (χ4n) is 1.51. The molecule has 0 unspecified atom stereocenters. The summed E-state index contributed by atoms with van der Waals surface area (Å²) in [6.45, 7) is 0. The van der Waals surface area contributed by atoms with Crippen LogP contribution in [0.4, 0.5) is 5.69 Å². The van der Waals surface area contributed by atoms with Gasteiger partial charge in [0.1, 0.15) is 0 Å². The lowest BCUT2D eigenvalue weighted by Crippen LogP contribution is -2.17. The Balaban J connectivity index is 2.11. The van der Waals surface area contributed by atoms with E-state index in [1.54, 1.807) is 6.07 Å². The summed E-state index contributed by atoms with van der Waals surface area (Å²) in [7, 11) is 0. The molecule has 1 amide bonds. The second-order valence-corrected chi connectivity index (χ2v) is 4.99. The highest BCUT2D eigenvalue weighted by atomic mass is 79.9. The first-order chi connectivity index (χ1) is 10.5. The van der Waals surface area contributed by atoms with Crippen LogP contribution in [-0.2, 0) is 0 Å². The van der Waals surface area contributed by atoms with Crippen LogP contribution in [0.1, 0.15) is 15.9 Å². The van der Waals surface area contributed by atoms with Crippen molar-refractivity contribution in [3.05, 3.63) is 62.4 Å². The second-order valence-electron chi connectivity index (χ2n) is 4.07. The van der Waals surface area contributed by atoms with Crippen molar-refractivity contribution in [3.63, 3.8) is 0 Å². The molecule has 2 aromatic rings. The Hall–Kier alpha value is -2.81. The molecule has 1 aromatic heterocycles. The average Bonchev–Trinajstić information content (AvgIpc) is 2.48. The number of amides is 1. The van der Waals surface area contributed by atoms with Crippen LogP contribution in [0.5, 0.6) is 5.75 Å². The Morgan fingerprint density at radius 3 is 2.82 bits per heavy atom. The van der Waals surface area contributed by atoms with Crippen LogP contribution in [0.15, 0.2) is 46.2 Å². The van der Waals surface area contributed by atoms with Gasteiger partial charge in [-0.1, -0.05) is 11.8 Å². The third-order valence-corrected chi connectivity index (χ3v) is 2.97. The van der Waals surface area contributed by atoms with E-state index in [0.29, 0.717) is 4.47 Å². The topological polar surface area (TPSA) is 121 Å². The van der Waals surface area contributed by atoms with Crippen LogP contribution in [0.25, 0.3) is 0 Å². The molecule has 8 nitrogen and oxygen atoms in total. The number of nitro benzene ring substituents is 1. The van der Waals surface area contributed by atoms with Gasteiger partial charge in [-0.2, -0.15) is 5.10 Å². The number of hydrogen-bond acceptors (Lipinski definition) is 6. The van der Waals surface area contributed by atoms with Gasteiger partial charge in [-0.15, -0.1) is 0 Å². The maximum atomic E-state index is 11.8. The van der Waals surface area contributed by atoms with Crippen molar-refractivity contribution < 1.29 is 14.8 Å².